The Labute approximate surface area is 165 Å². The highest BCUT2D eigenvalue weighted by Crippen LogP contribution is 2.38. The highest BCUT2D eigenvalue weighted by molar-refractivity contribution is 7.98. The molecule has 1 aliphatic rings. The first-order valence-electron chi connectivity index (χ1n) is 9.36. The zero-order valence-electron chi connectivity index (χ0n) is 16.5. The van der Waals surface area contributed by atoms with Gasteiger partial charge in [-0.1, -0.05) is 12.1 Å². The molecule has 1 amide bonds. The van der Waals surface area contributed by atoms with Crippen molar-refractivity contribution in [3.63, 3.8) is 0 Å². The van der Waals surface area contributed by atoms with Gasteiger partial charge in [0.1, 0.15) is 6.54 Å². The molecule has 5 nitrogen and oxygen atoms in total. The fraction of sp³-hybridized carbons (Fsp3) is 0.429. The van der Waals surface area contributed by atoms with Crippen molar-refractivity contribution in [3.05, 3.63) is 47.3 Å². The predicted molar refractivity (Wildman–Crippen MR) is 110 cm³/mol. The number of quaternary nitrogens is 1. The van der Waals surface area contributed by atoms with E-state index in [0.29, 0.717) is 12.6 Å². The fourth-order valence-electron chi connectivity index (χ4n) is 3.60. The van der Waals surface area contributed by atoms with Crippen LogP contribution in [0, 0.1) is 13.8 Å². The fourth-order valence-corrected chi connectivity index (χ4v) is 4.16. The summed E-state index contributed by atoms with van der Waals surface area (Å²) in [6, 6.07) is 10.3. The van der Waals surface area contributed by atoms with Crippen LogP contribution in [-0.2, 0) is 4.79 Å². The molecule has 2 N–H and O–H groups in total. The van der Waals surface area contributed by atoms with Gasteiger partial charge in [-0.15, -0.1) is 11.8 Å². The molecule has 6 heteroatoms. The number of carbonyl (C=O) groups excluding carboxylic acids is 2. The van der Waals surface area contributed by atoms with Gasteiger partial charge in [0.05, 0.1) is 12.7 Å². The van der Waals surface area contributed by atoms with Crippen molar-refractivity contribution in [1.82, 2.24) is 4.57 Å². The van der Waals surface area contributed by atoms with E-state index in [0.717, 1.165) is 32.4 Å². The summed E-state index contributed by atoms with van der Waals surface area (Å²) in [6.45, 7) is 4.66. The molecule has 1 heterocycles. The highest BCUT2D eigenvalue weighted by atomic mass is 32.2. The van der Waals surface area contributed by atoms with Crippen LogP contribution >= 0.6 is 11.8 Å². The number of ketones is 1. The van der Waals surface area contributed by atoms with Crippen molar-refractivity contribution in [1.29, 1.82) is 0 Å². The van der Waals surface area contributed by atoms with E-state index in [1.54, 1.807) is 11.8 Å². The van der Waals surface area contributed by atoms with Crippen LogP contribution in [0.15, 0.2) is 35.2 Å². The second kappa shape index (κ2) is 8.31. The zero-order chi connectivity index (χ0) is 19.6. The number of rotatable bonds is 8. The van der Waals surface area contributed by atoms with Gasteiger partial charge >= 0.3 is 0 Å². The quantitative estimate of drug-likeness (QED) is 0.541. The van der Waals surface area contributed by atoms with Gasteiger partial charge < -0.3 is 14.8 Å². The SMILES string of the molecule is CSc1ccccc1NC(=O)C[NH+](C)CC(=O)c1cc(C)n(C2CC2)c1C. The predicted octanol–water partition coefficient (Wildman–Crippen LogP) is 2.50. The first-order valence-corrected chi connectivity index (χ1v) is 10.6. The number of aromatic nitrogens is 1. The molecule has 0 aliphatic heterocycles. The van der Waals surface area contributed by atoms with Gasteiger partial charge in [-0.2, -0.15) is 0 Å². The molecular formula is C21H28N3O2S+. The number of hydrogen-bond acceptors (Lipinski definition) is 3. The Morgan fingerprint density at radius 1 is 1.22 bits per heavy atom. The number of likely N-dealkylation sites (N-methyl/N-ethyl adjacent to an activating group) is 1. The number of aryl methyl sites for hydroxylation is 1. The lowest BCUT2D eigenvalue weighted by molar-refractivity contribution is -0.861. The molecule has 1 aliphatic carbocycles. The Morgan fingerprint density at radius 2 is 1.93 bits per heavy atom. The second-order valence-electron chi connectivity index (χ2n) is 7.37. The molecule has 27 heavy (non-hydrogen) atoms. The van der Waals surface area contributed by atoms with Crippen LogP contribution in [0.2, 0.25) is 0 Å². The summed E-state index contributed by atoms with van der Waals surface area (Å²) in [4.78, 5) is 27.0. The number of hydrogen-bond donors (Lipinski definition) is 2. The monoisotopic (exact) mass is 386 g/mol. The molecule has 2 aromatic rings. The molecular weight excluding hydrogens is 358 g/mol. The number of Topliss-reactive ketones (excluding diaryl/α,β-unsaturated/α-hetero) is 1. The third-order valence-corrected chi connectivity index (χ3v) is 5.80. The number of benzene rings is 1. The van der Waals surface area contributed by atoms with E-state index < -0.39 is 0 Å². The van der Waals surface area contributed by atoms with Gasteiger partial charge in [0.15, 0.2) is 6.54 Å². The maximum atomic E-state index is 12.8. The van der Waals surface area contributed by atoms with Crippen molar-refractivity contribution in [3.8, 4) is 0 Å². The number of nitrogens with zero attached hydrogens (tertiary/aromatic N) is 1. The Hall–Kier alpha value is -2.05. The minimum atomic E-state index is -0.0785. The Kier molecular flexibility index (Phi) is 6.07. The lowest BCUT2D eigenvalue weighted by atomic mass is 10.1. The van der Waals surface area contributed by atoms with Gasteiger partial charge in [0.2, 0.25) is 5.78 Å². The largest absolute Gasteiger partial charge is 0.345 e. The average molecular weight is 387 g/mol. The standard InChI is InChI=1S/C21H27N3O2S/c1-14-11-17(15(2)24(14)16-9-10-16)19(25)12-23(3)13-21(26)22-18-7-5-6-8-20(18)27-4/h5-8,11,16H,9-10,12-13H2,1-4H3,(H,22,26)/p+1. The number of amides is 1. The van der Waals surface area contributed by atoms with Gasteiger partial charge in [-0.3, -0.25) is 9.59 Å². The summed E-state index contributed by atoms with van der Waals surface area (Å²) in [5.41, 5.74) is 3.84. The third-order valence-electron chi connectivity index (χ3n) is 5.00. The number of anilines is 1. The summed E-state index contributed by atoms with van der Waals surface area (Å²) < 4.78 is 2.29. The summed E-state index contributed by atoms with van der Waals surface area (Å²) >= 11 is 1.60. The molecule has 3 rings (SSSR count). The van der Waals surface area contributed by atoms with Crippen LogP contribution in [0.25, 0.3) is 0 Å². The van der Waals surface area contributed by atoms with Gasteiger partial charge in [0, 0.05) is 27.9 Å². The van der Waals surface area contributed by atoms with Crippen molar-refractivity contribution < 1.29 is 14.5 Å². The number of para-hydroxylation sites is 1. The number of carbonyl (C=O) groups is 2. The van der Waals surface area contributed by atoms with Crippen molar-refractivity contribution in [2.45, 2.75) is 37.6 Å². The average Bonchev–Trinajstić information content (AvgIpc) is 3.40. The van der Waals surface area contributed by atoms with Crippen molar-refractivity contribution in [2.24, 2.45) is 0 Å². The Balaban J connectivity index is 1.59. The van der Waals surface area contributed by atoms with E-state index in [1.807, 2.05) is 50.6 Å². The third kappa shape index (κ3) is 4.62. The normalized spacial score (nSPS) is 14.8. The summed E-state index contributed by atoms with van der Waals surface area (Å²) in [6.07, 6.45) is 4.39. The minimum absolute atomic E-state index is 0.0785. The smallest absolute Gasteiger partial charge is 0.279 e. The highest BCUT2D eigenvalue weighted by Gasteiger charge is 2.29. The van der Waals surface area contributed by atoms with E-state index in [9.17, 15) is 9.59 Å². The van der Waals surface area contributed by atoms with Crippen LogP contribution in [0.5, 0.6) is 0 Å². The molecule has 0 bridgehead atoms. The van der Waals surface area contributed by atoms with Crippen LogP contribution in [-0.4, -0.2) is 42.7 Å². The van der Waals surface area contributed by atoms with Gasteiger partial charge in [-0.05, 0) is 51.1 Å². The molecule has 1 fully saturated rings. The molecule has 0 radical (unpaired) electrons. The Bertz CT molecular complexity index is 855. The lowest BCUT2D eigenvalue weighted by Gasteiger charge is -2.14. The van der Waals surface area contributed by atoms with Crippen LogP contribution in [0.4, 0.5) is 5.69 Å². The van der Waals surface area contributed by atoms with E-state index in [1.165, 1.54) is 12.8 Å². The minimum Gasteiger partial charge on any atom is -0.345 e. The van der Waals surface area contributed by atoms with Gasteiger partial charge in [-0.25, -0.2) is 0 Å². The summed E-state index contributed by atoms with van der Waals surface area (Å²) in [7, 11) is 1.89. The van der Waals surface area contributed by atoms with Crippen molar-refractivity contribution in [2.75, 3.05) is 31.7 Å². The number of nitrogens with one attached hydrogen (secondary N) is 2. The van der Waals surface area contributed by atoms with Crippen molar-refractivity contribution >= 4 is 29.1 Å². The van der Waals surface area contributed by atoms with Crippen LogP contribution in [0.1, 0.15) is 40.6 Å². The summed E-state index contributed by atoms with van der Waals surface area (Å²) in [5, 5.41) is 2.96. The maximum Gasteiger partial charge on any atom is 0.279 e. The summed E-state index contributed by atoms with van der Waals surface area (Å²) in [5.74, 6) is 0.0232. The first kappa shape index (κ1) is 19.7. The Morgan fingerprint density at radius 3 is 2.59 bits per heavy atom. The molecule has 1 unspecified atom stereocenters. The van der Waals surface area contributed by atoms with E-state index >= 15 is 0 Å². The molecule has 0 saturated heterocycles. The molecule has 1 saturated carbocycles. The van der Waals surface area contributed by atoms with E-state index in [4.69, 9.17) is 0 Å². The lowest BCUT2D eigenvalue weighted by Crippen LogP contribution is -3.11. The maximum absolute atomic E-state index is 12.8. The first-order chi connectivity index (χ1) is 12.9. The molecule has 0 spiro atoms. The molecule has 1 aromatic carbocycles. The van der Waals surface area contributed by atoms with E-state index in [2.05, 4.69) is 16.8 Å². The topological polar surface area (TPSA) is 55.5 Å². The number of thioether (sulfide) groups is 1. The van der Waals surface area contributed by atoms with Crippen LogP contribution in [0.3, 0.4) is 0 Å². The van der Waals surface area contributed by atoms with E-state index in [-0.39, 0.29) is 18.2 Å². The molecule has 144 valence electrons. The van der Waals surface area contributed by atoms with Crippen LogP contribution < -0.4 is 10.2 Å². The second-order valence-corrected chi connectivity index (χ2v) is 8.22. The zero-order valence-corrected chi connectivity index (χ0v) is 17.3. The molecule has 1 atom stereocenters. The van der Waals surface area contributed by atoms with Gasteiger partial charge in [0.25, 0.3) is 5.91 Å². The molecule has 1 aromatic heterocycles.